The number of hydrogen-bond acceptors (Lipinski definition) is 6. The minimum atomic E-state index is -0.195. The van der Waals surface area contributed by atoms with Gasteiger partial charge in [-0.3, -0.25) is 4.79 Å². The van der Waals surface area contributed by atoms with Gasteiger partial charge in [0, 0.05) is 29.3 Å². The molecular weight excluding hydrogens is 394 g/mol. The Balaban J connectivity index is 1.81. The van der Waals surface area contributed by atoms with Gasteiger partial charge in [-0.15, -0.1) is 6.42 Å². The first kappa shape index (κ1) is 20.4. The molecule has 31 heavy (non-hydrogen) atoms. The second-order valence-corrected chi connectivity index (χ2v) is 7.42. The van der Waals surface area contributed by atoms with E-state index >= 15 is 0 Å². The van der Waals surface area contributed by atoms with Crippen molar-refractivity contribution in [3.05, 3.63) is 52.5 Å². The van der Waals surface area contributed by atoms with E-state index in [1.807, 2.05) is 45.0 Å². The fourth-order valence-corrected chi connectivity index (χ4v) is 3.92. The molecule has 1 atom stereocenters. The summed E-state index contributed by atoms with van der Waals surface area (Å²) in [6, 6.07) is 7.50. The second-order valence-electron chi connectivity index (χ2n) is 7.42. The summed E-state index contributed by atoms with van der Waals surface area (Å²) in [4.78, 5) is 21.6. The first-order chi connectivity index (χ1) is 14.9. The van der Waals surface area contributed by atoms with Crippen molar-refractivity contribution in [3.63, 3.8) is 0 Å². The van der Waals surface area contributed by atoms with Crippen molar-refractivity contribution in [2.24, 2.45) is 0 Å². The lowest BCUT2D eigenvalue weighted by atomic mass is 9.85. The Morgan fingerprint density at radius 2 is 1.94 bits per heavy atom. The van der Waals surface area contributed by atoms with Gasteiger partial charge in [0.25, 0.3) is 5.95 Å². The highest BCUT2D eigenvalue weighted by atomic mass is 16.5. The van der Waals surface area contributed by atoms with Crippen molar-refractivity contribution < 1.29 is 14.3 Å². The molecule has 158 valence electrons. The summed E-state index contributed by atoms with van der Waals surface area (Å²) in [6.07, 6.45) is 5.58. The van der Waals surface area contributed by atoms with Gasteiger partial charge in [0.05, 0.1) is 12.8 Å². The Bertz CT molecular complexity index is 1190. The summed E-state index contributed by atoms with van der Waals surface area (Å²) in [5.41, 5.74) is 4.31. The minimum absolute atomic E-state index is 0.102. The van der Waals surface area contributed by atoms with Crippen LogP contribution in [0.1, 0.15) is 40.5 Å². The molecule has 0 bridgehead atoms. The Hall–Kier alpha value is -3.86. The van der Waals surface area contributed by atoms with E-state index in [4.69, 9.17) is 15.9 Å². The van der Waals surface area contributed by atoms with E-state index in [2.05, 4.69) is 26.3 Å². The maximum absolute atomic E-state index is 12.6. The number of anilines is 1. The van der Waals surface area contributed by atoms with Crippen LogP contribution in [0.5, 0.6) is 11.5 Å². The van der Waals surface area contributed by atoms with Gasteiger partial charge in [-0.2, -0.15) is 9.78 Å². The number of carbonyl (C=O) groups excluding carboxylic acids is 1. The molecule has 0 fully saturated rings. The van der Waals surface area contributed by atoms with Gasteiger partial charge < -0.3 is 14.8 Å². The average molecular weight is 417 g/mol. The monoisotopic (exact) mass is 417 g/mol. The topological polar surface area (TPSA) is 91.2 Å². The van der Waals surface area contributed by atoms with Crippen molar-refractivity contribution in [2.45, 2.75) is 33.1 Å². The van der Waals surface area contributed by atoms with Crippen LogP contribution in [-0.4, -0.2) is 39.4 Å². The molecule has 1 amide bonds. The molecule has 1 N–H and O–H groups in total. The molecule has 2 aromatic heterocycles. The molecule has 3 heterocycles. The highest BCUT2D eigenvalue weighted by molar-refractivity contribution is 5.95. The third kappa shape index (κ3) is 3.82. The van der Waals surface area contributed by atoms with E-state index < -0.39 is 0 Å². The summed E-state index contributed by atoms with van der Waals surface area (Å²) < 4.78 is 12.6. The number of rotatable bonds is 5. The largest absolute Gasteiger partial charge is 0.493 e. The highest BCUT2D eigenvalue weighted by Gasteiger charge is 2.33. The van der Waals surface area contributed by atoms with E-state index in [0.29, 0.717) is 29.7 Å². The number of carbonyl (C=O) groups is 1. The molecule has 1 aliphatic rings. The summed E-state index contributed by atoms with van der Waals surface area (Å²) in [7, 11) is 1.57. The zero-order chi connectivity index (χ0) is 22.1. The van der Waals surface area contributed by atoms with Crippen molar-refractivity contribution in [2.75, 3.05) is 19.0 Å². The lowest BCUT2D eigenvalue weighted by molar-refractivity contribution is -0.116. The van der Waals surface area contributed by atoms with Gasteiger partial charge in [0.15, 0.2) is 11.5 Å². The zero-order valence-electron chi connectivity index (χ0n) is 17.9. The molecule has 8 heteroatoms. The van der Waals surface area contributed by atoms with Crippen LogP contribution >= 0.6 is 0 Å². The van der Waals surface area contributed by atoms with Crippen LogP contribution in [-0.2, 0) is 4.79 Å². The van der Waals surface area contributed by atoms with Gasteiger partial charge >= 0.3 is 0 Å². The van der Waals surface area contributed by atoms with Gasteiger partial charge in [-0.05, 0) is 44.5 Å². The predicted molar refractivity (Wildman–Crippen MR) is 116 cm³/mol. The molecule has 8 nitrogen and oxygen atoms in total. The summed E-state index contributed by atoms with van der Waals surface area (Å²) >= 11 is 0. The molecule has 0 aliphatic carbocycles. The third-order valence-corrected chi connectivity index (χ3v) is 5.16. The van der Waals surface area contributed by atoms with Crippen molar-refractivity contribution >= 4 is 11.7 Å². The Kier molecular flexibility index (Phi) is 5.34. The van der Waals surface area contributed by atoms with Crippen LogP contribution in [0.2, 0.25) is 0 Å². The number of nitrogens with zero attached hydrogens (tertiary/aromatic N) is 4. The van der Waals surface area contributed by atoms with Crippen molar-refractivity contribution in [1.29, 1.82) is 0 Å². The molecule has 3 aromatic rings. The first-order valence-corrected chi connectivity index (χ1v) is 9.87. The standard InChI is InChI=1S/C23H23N5O3/c1-6-9-31-18-8-7-16(11-19(18)30-5)17-12-20(29)26-22-21(17)15(4)27-28(22)23-24-13(2)10-14(3)25-23/h1,7-8,10-11,17H,9,12H2,2-5H3,(H,26,29)/t17-/m0/s1. The molecule has 0 unspecified atom stereocenters. The van der Waals surface area contributed by atoms with Crippen LogP contribution in [0.15, 0.2) is 24.3 Å². The summed E-state index contributed by atoms with van der Waals surface area (Å²) in [5, 5.41) is 7.61. The molecule has 1 aliphatic heterocycles. The van der Waals surface area contributed by atoms with E-state index in [9.17, 15) is 4.79 Å². The van der Waals surface area contributed by atoms with Crippen LogP contribution in [0, 0.1) is 33.1 Å². The second kappa shape index (κ2) is 8.11. The van der Waals surface area contributed by atoms with Gasteiger partial charge in [0.1, 0.15) is 12.4 Å². The van der Waals surface area contributed by atoms with Gasteiger partial charge in [-0.1, -0.05) is 12.0 Å². The molecule has 0 saturated carbocycles. The minimum Gasteiger partial charge on any atom is -0.493 e. The zero-order valence-corrected chi connectivity index (χ0v) is 17.9. The molecular formula is C23H23N5O3. The number of benzene rings is 1. The SMILES string of the molecule is C#CCOc1ccc([C@@H]2CC(=O)Nc3c2c(C)nn3-c2nc(C)cc(C)n2)cc1OC. The van der Waals surface area contributed by atoms with Crippen LogP contribution in [0.4, 0.5) is 5.82 Å². The maximum atomic E-state index is 12.6. The molecule has 0 spiro atoms. The summed E-state index contributed by atoms with van der Waals surface area (Å²) in [6.45, 7) is 5.87. The number of fused-ring (bicyclic) bond motifs is 1. The predicted octanol–water partition coefficient (Wildman–Crippen LogP) is 3.08. The van der Waals surface area contributed by atoms with E-state index in [-0.39, 0.29) is 18.4 Å². The molecule has 0 radical (unpaired) electrons. The number of aromatic nitrogens is 4. The lowest BCUT2D eigenvalue weighted by Gasteiger charge is -2.25. The number of nitrogens with one attached hydrogen (secondary N) is 1. The fourth-order valence-electron chi connectivity index (χ4n) is 3.92. The Labute approximate surface area is 180 Å². The quantitative estimate of drug-likeness (QED) is 0.642. The summed E-state index contributed by atoms with van der Waals surface area (Å²) in [5.74, 6) is 4.28. The number of methoxy groups -OCH3 is 1. The number of aryl methyl sites for hydroxylation is 3. The normalized spacial score (nSPS) is 15.1. The Morgan fingerprint density at radius 3 is 2.61 bits per heavy atom. The van der Waals surface area contributed by atoms with Gasteiger partial charge in [-0.25, -0.2) is 9.97 Å². The Morgan fingerprint density at radius 1 is 1.19 bits per heavy atom. The van der Waals surface area contributed by atoms with E-state index in [1.165, 1.54) is 0 Å². The van der Waals surface area contributed by atoms with Gasteiger partial charge in [0.2, 0.25) is 5.91 Å². The lowest BCUT2D eigenvalue weighted by Crippen LogP contribution is -2.25. The molecule has 0 saturated heterocycles. The average Bonchev–Trinajstić information content (AvgIpc) is 3.07. The number of terminal acetylenes is 1. The van der Waals surface area contributed by atoms with Crippen LogP contribution in [0.3, 0.4) is 0 Å². The number of hydrogen-bond donors (Lipinski definition) is 1. The molecule has 1 aromatic carbocycles. The fraction of sp³-hybridized carbons (Fsp3) is 0.304. The van der Waals surface area contributed by atoms with Crippen molar-refractivity contribution in [3.8, 4) is 29.8 Å². The van der Waals surface area contributed by atoms with E-state index in [1.54, 1.807) is 11.8 Å². The number of amides is 1. The highest BCUT2D eigenvalue weighted by Crippen LogP contribution is 2.42. The van der Waals surface area contributed by atoms with Crippen molar-refractivity contribution in [1.82, 2.24) is 19.7 Å². The van der Waals surface area contributed by atoms with E-state index in [0.717, 1.165) is 28.2 Å². The van der Waals surface area contributed by atoms with Crippen LogP contribution < -0.4 is 14.8 Å². The first-order valence-electron chi connectivity index (χ1n) is 9.87. The third-order valence-electron chi connectivity index (χ3n) is 5.16. The number of ether oxygens (including phenoxy) is 2. The van der Waals surface area contributed by atoms with Crippen LogP contribution in [0.25, 0.3) is 5.95 Å². The smallest absolute Gasteiger partial charge is 0.252 e. The molecule has 4 rings (SSSR count). The maximum Gasteiger partial charge on any atom is 0.252 e.